The number of rotatable bonds is 8. The van der Waals surface area contributed by atoms with Crippen LogP contribution in [0.4, 0.5) is 0 Å². The van der Waals surface area contributed by atoms with Gasteiger partial charge in [-0.1, -0.05) is 29.8 Å². The highest BCUT2D eigenvalue weighted by Crippen LogP contribution is 2.15. The van der Waals surface area contributed by atoms with Crippen LogP contribution in [0.2, 0.25) is 5.02 Å². The second kappa shape index (κ2) is 9.91. The molecule has 0 aromatic heterocycles. The van der Waals surface area contributed by atoms with Gasteiger partial charge in [0.05, 0.1) is 13.1 Å². The number of piperidine rings is 1. The molecule has 0 aliphatic carbocycles. The smallest absolute Gasteiger partial charge is 0.223 e. The van der Waals surface area contributed by atoms with Crippen molar-refractivity contribution in [2.45, 2.75) is 32.7 Å². The lowest BCUT2D eigenvalue weighted by Gasteiger charge is -2.28. The van der Waals surface area contributed by atoms with Crippen molar-refractivity contribution in [3.63, 3.8) is 0 Å². The molecule has 0 bridgehead atoms. The molecule has 1 aromatic carbocycles. The number of quaternary nitrogens is 1. The normalized spacial score (nSPS) is 21.1. The molecule has 1 fully saturated rings. The Morgan fingerprint density at radius 2 is 2.09 bits per heavy atom. The highest BCUT2D eigenvalue weighted by molar-refractivity contribution is 6.31. The average molecular weight is 340 g/mol. The van der Waals surface area contributed by atoms with Gasteiger partial charge in [0.2, 0.25) is 5.91 Å². The highest BCUT2D eigenvalue weighted by Gasteiger charge is 2.27. The molecule has 1 aromatic rings. The van der Waals surface area contributed by atoms with Gasteiger partial charge in [0.25, 0.3) is 0 Å². The van der Waals surface area contributed by atoms with Gasteiger partial charge in [-0.15, -0.1) is 0 Å². The number of carbonyl (C=O) groups is 1. The zero-order valence-corrected chi connectivity index (χ0v) is 14.7. The standard InChI is InChI=1S/C18H27ClN2O2/c1-2-23-13-5-10-20-18(22)15-8-11-21(12-9-15)14-16-6-3-4-7-17(16)19/h3-4,6-7,15H,2,5,8-14H2,1H3,(H,20,22)/p+1. The zero-order chi connectivity index (χ0) is 16.5. The molecule has 23 heavy (non-hydrogen) atoms. The lowest BCUT2D eigenvalue weighted by molar-refractivity contribution is -0.919. The fourth-order valence-electron chi connectivity index (χ4n) is 3.05. The molecule has 0 radical (unpaired) electrons. The maximum absolute atomic E-state index is 12.2. The van der Waals surface area contributed by atoms with Crippen LogP contribution in [-0.4, -0.2) is 38.8 Å². The molecule has 4 nitrogen and oxygen atoms in total. The number of likely N-dealkylation sites (tertiary alicyclic amines) is 1. The molecule has 5 heteroatoms. The molecule has 2 rings (SSSR count). The molecule has 0 unspecified atom stereocenters. The van der Waals surface area contributed by atoms with Gasteiger partial charge in [-0.25, -0.2) is 0 Å². The maximum Gasteiger partial charge on any atom is 0.223 e. The Morgan fingerprint density at radius 1 is 1.35 bits per heavy atom. The SMILES string of the molecule is CCOCCCNC(=O)C1CC[NH+](Cc2ccccc2Cl)CC1. The van der Waals surface area contributed by atoms with Crippen LogP contribution < -0.4 is 10.2 Å². The quantitative estimate of drug-likeness (QED) is 0.708. The summed E-state index contributed by atoms with van der Waals surface area (Å²) in [4.78, 5) is 13.7. The van der Waals surface area contributed by atoms with Gasteiger partial charge in [0.15, 0.2) is 0 Å². The lowest BCUT2D eigenvalue weighted by atomic mass is 9.95. The van der Waals surface area contributed by atoms with Crippen LogP contribution in [0.25, 0.3) is 0 Å². The number of carbonyl (C=O) groups excluding carboxylic acids is 1. The van der Waals surface area contributed by atoms with Gasteiger partial charge in [-0.2, -0.15) is 0 Å². The maximum atomic E-state index is 12.2. The van der Waals surface area contributed by atoms with Crippen molar-refractivity contribution >= 4 is 17.5 Å². The van der Waals surface area contributed by atoms with Crippen LogP contribution in [0.15, 0.2) is 24.3 Å². The topological polar surface area (TPSA) is 42.8 Å². The summed E-state index contributed by atoms with van der Waals surface area (Å²) in [5.74, 6) is 0.371. The highest BCUT2D eigenvalue weighted by atomic mass is 35.5. The van der Waals surface area contributed by atoms with Crippen LogP contribution in [-0.2, 0) is 16.1 Å². The molecule has 1 amide bonds. The first-order valence-electron chi connectivity index (χ1n) is 8.63. The number of hydrogen-bond donors (Lipinski definition) is 2. The molecule has 128 valence electrons. The molecule has 0 spiro atoms. The van der Waals surface area contributed by atoms with E-state index in [1.165, 1.54) is 10.5 Å². The monoisotopic (exact) mass is 339 g/mol. The number of hydrogen-bond acceptors (Lipinski definition) is 2. The first kappa shape index (κ1) is 18.2. The van der Waals surface area contributed by atoms with E-state index in [2.05, 4.69) is 11.4 Å². The van der Waals surface area contributed by atoms with E-state index in [0.717, 1.165) is 57.1 Å². The zero-order valence-electron chi connectivity index (χ0n) is 13.9. The minimum absolute atomic E-state index is 0.164. The van der Waals surface area contributed by atoms with E-state index in [4.69, 9.17) is 16.3 Å². The third-order valence-corrected chi connectivity index (χ3v) is 4.80. The summed E-state index contributed by atoms with van der Waals surface area (Å²) < 4.78 is 5.28. The third-order valence-electron chi connectivity index (χ3n) is 4.43. The van der Waals surface area contributed by atoms with Gasteiger partial charge < -0.3 is 15.0 Å². The Bertz CT molecular complexity index is 488. The third kappa shape index (κ3) is 6.13. The van der Waals surface area contributed by atoms with Crippen molar-refractivity contribution in [3.8, 4) is 0 Å². The van der Waals surface area contributed by atoms with Gasteiger partial charge in [0, 0.05) is 49.1 Å². The van der Waals surface area contributed by atoms with Gasteiger partial charge in [0.1, 0.15) is 6.54 Å². The molecule has 1 aliphatic rings. The van der Waals surface area contributed by atoms with Gasteiger partial charge >= 0.3 is 0 Å². The van der Waals surface area contributed by atoms with E-state index in [0.29, 0.717) is 6.54 Å². The van der Waals surface area contributed by atoms with E-state index in [-0.39, 0.29) is 11.8 Å². The van der Waals surface area contributed by atoms with E-state index in [1.54, 1.807) is 0 Å². The van der Waals surface area contributed by atoms with E-state index in [1.807, 2.05) is 25.1 Å². The fourth-order valence-corrected chi connectivity index (χ4v) is 3.25. The van der Waals surface area contributed by atoms with Crippen molar-refractivity contribution in [1.29, 1.82) is 0 Å². The summed E-state index contributed by atoms with van der Waals surface area (Å²) in [7, 11) is 0. The predicted octanol–water partition coefficient (Wildman–Crippen LogP) is 1.68. The predicted molar refractivity (Wildman–Crippen MR) is 92.7 cm³/mol. The van der Waals surface area contributed by atoms with Crippen LogP contribution in [0, 0.1) is 5.92 Å². The lowest BCUT2D eigenvalue weighted by Crippen LogP contribution is -3.11. The number of halogens is 1. The number of nitrogens with one attached hydrogen (secondary N) is 2. The summed E-state index contributed by atoms with van der Waals surface area (Å²) in [6.45, 7) is 7.16. The first-order valence-corrected chi connectivity index (χ1v) is 9.01. The molecule has 2 N–H and O–H groups in total. The number of ether oxygens (including phenoxy) is 1. The van der Waals surface area contributed by atoms with Crippen molar-refractivity contribution in [2.75, 3.05) is 32.8 Å². The van der Waals surface area contributed by atoms with Gasteiger partial charge in [-0.05, 0) is 19.4 Å². The Kier molecular flexibility index (Phi) is 7.86. The minimum atomic E-state index is 0.164. The fraction of sp³-hybridized carbons (Fsp3) is 0.611. The van der Waals surface area contributed by atoms with Crippen LogP contribution in [0.1, 0.15) is 31.7 Å². The molecular formula is C18H28ClN2O2+. The molecular weight excluding hydrogens is 312 g/mol. The number of amides is 1. The number of benzene rings is 1. The van der Waals surface area contributed by atoms with Crippen molar-refractivity contribution in [1.82, 2.24) is 5.32 Å². The van der Waals surface area contributed by atoms with E-state index < -0.39 is 0 Å². The minimum Gasteiger partial charge on any atom is -0.382 e. The summed E-state index contributed by atoms with van der Waals surface area (Å²) in [6, 6.07) is 8.03. The summed E-state index contributed by atoms with van der Waals surface area (Å²) in [5, 5.41) is 3.88. The van der Waals surface area contributed by atoms with Crippen molar-refractivity contribution in [3.05, 3.63) is 34.9 Å². The molecule has 0 atom stereocenters. The van der Waals surface area contributed by atoms with Crippen LogP contribution >= 0.6 is 11.6 Å². The molecule has 0 saturated carbocycles. The van der Waals surface area contributed by atoms with E-state index >= 15 is 0 Å². The van der Waals surface area contributed by atoms with Crippen LogP contribution in [0.3, 0.4) is 0 Å². The molecule has 1 heterocycles. The largest absolute Gasteiger partial charge is 0.382 e. The summed E-state index contributed by atoms with van der Waals surface area (Å²) in [5.41, 5.74) is 1.20. The van der Waals surface area contributed by atoms with Crippen molar-refractivity contribution in [2.24, 2.45) is 5.92 Å². The molecule has 1 aliphatic heterocycles. The second-order valence-electron chi connectivity index (χ2n) is 6.13. The van der Waals surface area contributed by atoms with Crippen molar-refractivity contribution < 1.29 is 14.4 Å². The Morgan fingerprint density at radius 3 is 2.78 bits per heavy atom. The first-order chi connectivity index (χ1) is 11.2. The average Bonchev–Trinajstić information content (AvgIpc) is 2.57. The summed E-state index contributed by atoms with van der Waals surface area (Å²) >= 11 is 6.23. The van der Waals surface area contributed by atoms with Gasteiger partial charge in [-0.3, -0.25) is 4.79 Å². The van der Waals surface area contributed by atoms with E-state index in [9.17, 15) is 4.79 Å². The Balaban J connectivity index is 1.67. The molecule has 1 saturated heterocycles. The summed E-state index contributed by atoms with van der Waals surface area (Å²) in [6.07, 6.45) is 2.80. The Labute approximate surface area is 144 Å². The Hall–Kier alpha value is -1.10. The second-order valence-corrected chi connectivity index (χ2v) is 6.54. The van der Waals surface area contributed by atoms with Crippen LogP contribution in [0.5, 0.6) is 0 Å².